The lowest BCUT2D eigenvalue weighted by molar-refractivity contribution is -0.00381. The van der Waals surface area contributed by atoms with Crippen molar-refractivity contribution in [3.8, 4) is 0 Å². The number of nitrogens with one attached hydrogen (secondary N) is 1. The normalized spacial score (nSPS) is 22.6. The number of aromatic nitrogens is 4. The van der Waals surface area contributed by atoms with Crippen LogP contribution in [0.3, 0.4) is 0 Å². The number of rotatable bonds is 11. The van der Waals surface area contributed by atoms with Crippen molar-refractivity contribution in [3.05, 3.63) is 6.33 Å². The highest BCUT2D eigenvalue weighted by atomic mass is 31.2. The number of fused-ring (bicyclic) bond motifs is 1. The highest BCUT2D eigenvalue weighted by Gasteiger charge is 2.40. The van der Waals surface area contributed by atoms with Crippen LogP contribution in [-0.2, 0) is 13.8 Å². The third-order valence-electron chi connectivity index (χ3n) is 5.25. The summed E-state index contributed by atoms with van der Waals surface area (Å²) in [6.07, 6.45) is 4.18. The lowest BCUT2D eigenvalue weighted by atomic mass is 10.2. The van der Waals surface area contributed by atoms with Gasteiger partial charge in [-0.25, -0.2) is 14.6 Å². The fourth-order valence-corrected chi connectivity index (χ4v) is 5.44. The van der Waals surface area contributed by atoms with Gasteiger partial charge in [-0.15, -0.1) is 0 Å². The molecule has 1 fully saturated rings. The zero-order valence-electron chi connectivity index (χ0n) is 22.0. The summed E-state index contributed by atoms with van der Waals surface area (Å²) in [6.45, 7) is 12.9. The highest BCUT2D eigenvalue weighted by molar-refractivity contribution is 7.45. The summed E-state index contributed by atoms with van der Waals surface area (Å²) in [4.78, 5) is 21.9. The van der Waals surface area contributed by atoms with E-state index in [9.17, 15) is 0 Å². The van der Waals surface area contributed by atoms with E-state index in [-0.39, 0.29) is 25.1 Å². The van der Waals surface area contributed by atoms with E-state index in [1.165, 1.54) is 6.40 Å². The molecule has 0 bridgehead atoms. The summed E-state index contributed by atoms with van der Waals surface area (Å²) in [5.74, 6) is 0.930. The Morgan fingerprint density at radius 1 is 1.38 bits per heavy atom. The average Bonchev–Trinajstić information content (AvgIpc) is 3.42. The molecule has 11 nitrogen and oxygen atoms in total. The third kappa shape index (κ3) is 5.89. The minimum Gasteiger partial charge on any atom is -0.425 e. The molecule has 0 aromatic carbocycles. The molecular weight excluding hydrogens is 455 g/mol. The van der Waals surface area contributed by atoms with Crippen LogP contribution in [0.15, 0.2) is 16.3 Å². The highest BCUT2D eigenvalue weighted by Crippen LogP contribution is 2.49. The Morgan fingerprint density at radius 3 is 2.76 bits per heavy atom. The monoisotopic (exact) mass is 493 g/mol. The van der Waals surface area contributed by atoms with Gasteiger partial charge < -0.3 is 19.1 Å². The van der Waals surface area contributed by atoms with Gasteiger partial charge in [-0.05, 0) is 48.4 Å². The van der Waals surface area contributed by atoms with E-state index in [4.69, 9.17) is 15.2 Å². The van der Waals surface area contributed by atoms with E-state index in [0.717, 1.165) is 0 Å². The maximum Gasteiger partial charge on any atom is 0.322 e. The second-order valence-corrected chi connectivity index (χ2v) is 9.72. The van der Waals surface area contributed by atoms with E-state index in [1.54, 1.807) is 19.6 Å². The minimum absolute atomic E-state index is 0.0610. The van der Waals surface area contributed by atoms with Crippen molar-refractivity contribution in [1.29, 1.82) is 0 Å². The van der Waals surface area contributed by atoms with Gasteiger partial charge in [-0.1, -0.05) is 0 Å². The van der Waals surface area contributed by atoms with Crippen LogP contribution in [0.4, 0.5) is 11.8 Å². The molecule has 0 saturated carbocycles. The van der Waals surface area contributed by atoms with Gasteiger partial charge in [0, 0.05) is 39.7 Å². The molecule has 1 aliphatic rings. The van der Waals surface area contributed by atoms with Crippen LogP contribution in [0.1, 0.15) is 62.5 Å². The molecule has 3 heterocycles. The zero-order valence-corrected chi connectivity index (χ0v) is 21.9. The molecule has 3 unspecified atom stereocenters. The number of aliphatic imine (C=N–C) groups is 2. The predicted octanol–water partition coefficient (Wildman–Crippen LogP) is 4.69. The molecule has 1 N–H and O–H groups in total. The van der Waals surface area contributed by atoms with Gasteiger partial charge in [-0.3, -0.25) is 9.56 Å². The predicted molar refractivity (Wildman–Crippen MR) is 137 cm³/mol. The van der Waals surface area contributed by atoms with E-state index in [2.05, 4.69) is 62.6 Å². The molecule has 0 spiro atoms. The number of imidazole rings is 1. The summed E-state index contributed by atoms with van der Waals surface area (Å²) in [5.41, 5.74) is 1.24. The topological polar surface area (TPSA) is 111 Å². The van der Waals surface area contributed by atoms with Gasteiger partial charge in [0.15, 0.2) is 23.4 Å². The lowest BCUT2D eigenvalue weighted by Gasteiger charge is -2.36. The first-order valence-electron chi connectivity index (χ1n) is 12.3. The maximum atomic E-state index is 8.09. The second kappa shape index (κ2) is 12.0. The molecule has 12 heteroatoms. The average molecular weight is 494 g/mol. The first-order valence-corrected chi connectivity index (χ1v) is 12.7. The Balaban J connectivity index is 1.89. The van der Waals surface area contributed by atoms with Crippen LogP contribution < -0.4 is 5.32 Å². The summed E-state index contributed by atoms with van der Waals surface area (Å²) < 4.78 is 30.9. The van der Waals surface area contributed by atoms with Crippen molar-refractivity contribution in [2.24, 2.45) is 9.98 Å². The first kappa shape index (κ1) is 24.9. The van der Waals surface area contributed by atoms with Crippen molar-refractivity contribution in [3.63, 3.8) is 0 Å². The van der Waals surface area contributed by atoms with Crippen LogP contribution in [0.25, 0.3) is 11.2 Å². The van der Waals surface area contributed by atoms with Gasteiger partial charge in [0.2, 0.25) is 0 Å². The molecule has 34 heavy (non-hydrogen) atoms. The number of hydrogen-bond acceptors (Lipinski definition) is 10. The summed E-state index contributed by atoms with van der Waals surface area (Å²) >= 11 is 0. The molecule has 1 aliphatic heterocycles. The van der Waals surface area contributed by atoms with Crippen molar-refractivity contribution >= 4 is 44.1 Å². The molecule has 1 saturated heterocycles. The second-order valence-electron chi connectivity index (χ2n) is 8.36. The third-order valence-corrected chi connectivity index (χ3v) is 7.28. The number of hydrogen-bond donors (Lipinski definition) is 1. The number of anilines is 1. The van der Waals surface area contributed by atoms with E-state index < -0.39 is 20.9 Å². The largest absolute Gasteiger partial charge is 0.425 e. The summed E-state index contributed by atoms with van der Waals surface area (Å²) in [7, 11) is 0.337. The van der Waals surface area contributed by atoms with Crippen LogP contribution in [-0.4, -0.2) is 74.7 Å². The van der Waals surface area contributed by atoms with Gasteiger partial charge in [0.05, 0.1) is 18.5 Å². The van der Waals surface area contributed by atoms with Crippen LogP contribution >= 0.6 is 8.53 Å². The van der Waals surface area contributed by atoms with Crippen molar-refractivity contribution in [2.75, 3.05) is 18.9 Å². The number of nitrogens with zero attached hydrogens (tertiary/aromatic N) is 7. The molecule has 3 rings (SSSR count). The van der Waals surface area contributed by atoms with E-state index in [0.29, 0.717) is 35.9 Å². The molecule has 2 aromatic heterocycles. The van der Waals surface area contributed by atoms with Gasteiger partial charge >= 0.3 is 8.53 Å². The van der Waals surface area contributed by atoms with Crippen molar-refractivity contribution < 1.29 is 15.2 Å². The fourth-order valence-electron chi connectivity index (χ4n) is 3.82. The van der Waals surface area contributed by atoms with Crippen LogP contribution in [0, 0.1) is 0 Å². The Labute approximate surface area is 204 Å². The van der Waals surface area contributed by atoms with Gasteiger partial charge in [-0.2, -0.15) is 9.97 Å². The molecule has 0 radical (unpaired) electrons. The van der Waals surface area contributed by atoms with Gasteiger partial charge in [0.1, 0.15) is 6.23 Å². The molecular formula is C22H37N8O3P. The van der Waals surface area contributed by atoms with Crippen LogP contribution in [0.2, 0.25) is 0 Å². The van der Waals surface area contributed by atoms with Crippen molar-refractivity contribution in [1.82, 2.24) is 24.2 Å². The van der Waals surface area contributed by atoms with Crippen LogP contribution in [0.5, 0.6) is 0 Å². The van der Waals surface area contributed by atoms with E-state index >= 15 is 0 Å². The molecule has 4 atom stereocenters. The first-order chi connectivity index (χ1) is 16.8. The molecule has 0 aliphatic carbocycles. The maximum absolute atomic E-state index is 8.09. The summed E-state index contributed by atoms with van der Waals surface area (Å²) in [5, 5.41) is 3.06. The van der Waals surface area contributed by atoms with Gasteiger partial charge in [0.25, 0.3) is 5.95 Å². The Kier molecular flexibility index (Phi) is 8.77. The quantitative estimate of drug-likeness (QED) is 0.273. The van der Waals surface area contributed by atoms with E-state index in [1.807, 2.05) is 18.4 Å². The minimum atomic E-state index is -1.45. The lowest BCUT2D eigenvalue weighted by Crippen LogP contribution is -2.35. The molecule has 188 valence electrons. The SMILES string of the molecule is [2H]CC1OC(n2cnc3c(NC)nc(N=CC)nc32)C[C@H]1OP(OC=NCC)N(C(C)C)C(C)C. The zero-order chi connectivity index (χ0) is 25.5. The standard InChI is InChI=1S/C22H37N8O3P/c1-9-24-13-31-34(30(14(3)4)15(5)6)33-17-11-18(32-16(17)7)29-12-26-19-20(23-8)27-22(25-10-2)28-21(19)29/h10,12-18H,9,11H2,1-8H3,(H,23,27,28)/t16?,17-,18?,34?/m1/s1/i7D. The molecule has 2 aromatic rings. The number of ether oxygens (including phenoxy) is 1. The molecule has 0 amide bonds. The Morgan fingerprint density at radius 2 is 2.15 bits per heavy atom. The Bertz CT molecular complexity index is 1010. The van der Waals surface area contributed by atoms with Crippen molar-refractivity contribution in [2.45, 2.75) is 85.4 Å². The smallest absolute Gasteiger partial charge is 0.322 e. The summed E-state index contributed by atoms with van der Waals surface area (Å²) in [6, 6.07) is 0.408. The fraction of sp³-hybridized carbons (Fsp3) is 0.682. The Hall–Kier alpha value is -2.20.